The van der Waals surface area contributed by atoms with Crippen LogP contribution in [-0.2, 0) is 12.8 Å². The molecule has 0 atom stereocenters. The number of hydrogen-bond acceptors (Lipinski definition) is 6. The number of anilines is 1. The lowest BCUT2D eigenvalue weighted by Crippen LogP contribution is -2.35. The number of carbonyl (C=O) groups excluding carboxylic acids is 1. The van der Waals surface area contributed by atoms with Crippen LogP contribution < -0.4 is 14.8 Å². The summed E-state index contributed by atoms with van der Waals surface area (Å²) in [7, 11) is 2.15. The zero-order valence-electron chi connectivity index (χ0n) is 22.1. The molecule has 1 aliphatic heterocycles. The van der Waals surface area contributed by atoms with Crippen molar-refractivity contribution in [2.24, 2.45) is 0 Å². The molecule has 2 aliphatic rings. The van der Waals surface area contributed by atoms with Gasteiger partial charge in [0.15, 0.2) is 0 Å². The number of rotatable bonds is 7. The number of amides is 2. The summed E-state index contributed by atoms with van der Waals surface area (Å²) in [4.78, 5) is 19.9. The van der Waals surface area contributed by atoms with Crippen LogP contribution in [-0.4, -0.2) is 51.9 Å². The molecule has 1 fully saturated rings. The first-order valence-corrected chi connectivity index (χ1v) is 13.9. The van der Waals surface area contributed by atoms with Gasteiger partial charge >= 0.3 is 6.03 Å². The Morgan fingerprint density at radius 1 is 1.19 bits per heavy atom. The van der Waals surface area contributed by atoms with Crippen LogP contribution in [0.15, 0.2) is 41.7 Å². The van der Waals surface area contributed by atoms with Gasteiger partial charge in [0.05, 0.1) is 5.69 Å². The van der Waals surface area contributed by atoms with Gasteiger partial charge in [0.2, 0.25) is 5.88 Å². The molecule has 3 aromatic rings. The summed E-state index contributed by atoms with van der Waals surface area (Å²) in [6.45, 7) is 8.33. The lowest BCUT2D eigenvalue weighted by Gasteiger charge is -2.29. The summed E-state index contributed by atoms with van der Waals surface area (Å²) in [5.41, 5.74) is 6.59. The number of benzene rings is 1. The summed E-state index contributed by atoms with van der Waals surface area (Å²) < 4.78 is 11.1. The number of pyridine rings is 1. The molecule has 2 amide bonds. The number of nitrogens with one attached hydrogen (secondary N) is 2. The van der Waals surface area contributed by atoms with Crippen molar-refractivity contribution < 1.29 is 9.53 Å². The van der Waals surface area contributed by atoms with Crippen molar-refractivity contribution in [3.8, 4) is 17.0 Å². The molecule has 0 radical (unpaired) electrons. The summed E-state index contributed by atoms with van der Waals surface area (Å²) >= 11 is 1.22. The molecule has 0 unspecified atom stereocenters. The zero-order chi connectivity index (χ0) is 25.9. The summed E-state index contributed by atoms with van der Waals surface area (Å²) in [5, 5.41) is 8.44. The first-order valence-electron chi connectivity index (χ1n) is 13.1. The summed E-state index contributed by atoms with van der Waals surface area (Å²) in [5.74, 6) is 0.638. The molecule has 37 heavy (non-hydrogen) atoms. The van der Waals surface area contributed by atoms with E-state index in [0.717, 1.165) is 72.6 Å². The fraction of sp³-hybridized carbons (Fsp3) is 0.464. The number of fused-ring (bicyclic) bond motifs is 1. The van der Waals surface area contributed by atoms with E-state index in [1.165, 1.54) is 23.1 Å². The Bertz CT molecular complexity index is 1270. The second-order valence-corrected chi connectivity index (χ2v) is 11.2. The minimum atomic E-state index is -0.262. The predicted molar refractivity (Wildman–Crippen MR) is 148 cm³/mol. The van der Waals surface area contributed by atoms with Crippen LogP contribution in [0, 0.1) is 6.92 Å². The van der Waals surface area contributed by atoms with Crippen molar-refractivity contribution in [1.29, 1.82) is 0 Å². The van der Waals surface area contributed by atoms with Crippen molar-refractivity contribution in [3.63, 3.8) is 0 Å². The quantitative estimate of drug-likeness (QED) is 0.393. The SMILES string of the molecule is Cc1cc2c(c(NC(=O)NSc3ccn(C(C)C)n3)c1-c1ccnc(OC3CCN(C)CC3)c1)CCC2. The molecule has 0 saturated carbocycles. The third-order valence-corrected chi connectivity index (χ3v) is 7.89. The Balaban J connectivity index is 1.37. The van der Waals surface area contributed by atoms with Gasteiger partial charge in [0.1, 0.15) is 11.1 Å². The van der Waals surface area contributed by atoms with Crippen molar-refractivity contribution in [2.45, 2.75) is 70.0 Å². The molecule has 1 aromatic carbocycles. The number of piperidine rings is 1. The van der Waals surface area contributed by atoms with Crippen LogP contribution in [0.25, 0.3) is 11.1 Å². The van der Waals surface area contributed by atoms with Gasteiger partial charge in [0, 0.05) is 55.1 Å². The minimum absolute atomic E-state index is 0.180. The van der Waals surface area contributed by atoms with Crippen LogP contribution in [0.5, 0.6) is 5.88 Å². The number of ether oxygens (including phenoxy) is 1. The Hall–Kier alpha value is -3.04. The summed E-state index contributed by atoms with van der Waals surface area (Å²) in [6, 6.07) is 8.20. The number of aromatic nitrogens is 3. The highest BCUT2D eigenvalue weighted by molar-refractivity contribution is 7.97. The zero-order valence-corrected chi connectivity index (χ0v) is 22.9. The molecule has 196 valence electrons. The number of aryl methyl sites for hydroxylation is 2. The largest absolute Gasteiger partial charge is 0.474 e. The monoisotopic (exact) mass is 520 g/mol. The van der Waals surface area contributed by atoms with Crippen molar-refractivity contribution >= 4 is 23.7 Å². The fourth-order valence-electron chi connectivity index (χ4n) is 5.21. The second-order valence-electron chi connectivity index (χ2n) is 10.3. The maximum atomic E-state index is 13.1. The number of carbonyl (C=O) groups is 1. The van der Waals surface area contributed by atoms with Gasteiger partial charge in [-0.15, -0.1) is 0 Å². The lowest BCUT2D eigenvalue weighted by molar-refractivity contribution is 0.110. The van der Waals surface area contributed by atoms with E-state index < -0.39 is 0 Å². The number of nitrogens with zero attached hydrogens (tertiary/aromatic N) is 4. The Morgan fingerprint density at radius 2 is 2.00 bits per heavy atom. The van der Waals surface area contributed by atoms with Gasteiger partial charge in [-0.3, -0.25) is 9.40 Å². The second kappa shape index (κ2) is 11.1. The lowest BCUT2D eigenvalue weighted by atomic mass is 9.93. The first-order chi connectivity index (χ1) is 17.9. The Labute approximate surface area is 223 Å². The van der Waals surface area contributed by atoms with E-state index in [-0.39, 0.29) is 18.2 Å². The van der Waals surface area contributed by atoms with E-state index in [4.69, 9.17) is 4.74 Å². The Morgan fingerprint density at radius 3 is 2.76 bits per heavy atom. The highest BCUT2D eigenvalue weighted by Crippen LogP contribution is 2.41. The van der Waals surface area contributed by atoms with Crippen LogP contribution in [0.3, 0.4) is 0 Å². The van der Waals surface area contributed by atoms with Gasteiger partial charge < -0.3 is 15.0 Å². The topological polar surface area (TPSA) is 84.3 Å². The van der Waals surface area contributed by atoms with Crippen LogP contribution in [0.4, 0.5) is 10.5 Å². The highest BCUT2D eigenvalue weighted by atomic mass is 32.2. The molecule has 1 aliphatic carbocycles. The Kier molecular flexibility index (Phi) is 7.71. The third kappa shape index (κ3) is 5.93. The standard InChI is InChI=1S/C28H36N6O2S/c1-18(2)34-15-11-25(31-34)37-32-28(35)30-27-23-7-5-6-20(23)16-19(3)26(27)21-8-12-29-24(17-21)36-22-9-13-33(4)14-10-22/h8,11-12,15-18,22H,5-7,9-10,13-14H2,1-4H3,(H2,30,32,35). The van der Waals surface area contributed by atoms with E-state index in [1.807, 2.05) is 29.1 Å². The molecule has 2 N–H and O–H groups in total. The van der Waals surface area contributed by atoms with Crippen LogP contribution >= 0.6 is 11.9 Å². The molecule has 1 saturated heterocycles. The van der Waals surface area contributed by atoms with Crippen molar-refractivity contribution in [3.05, 3.63) is 53.3 Å². The highest BCUT2D eigenvalue weighted by Gasteiger charge is 2.24. The maximum absolute atomic E-state index is 13.1. The number of hydrogen-bond donors (Lipinski definition) is 2. The molecule has 0 bridgehead atoms. The van der Waals surface area contributed by atoms with Crippen LogP contribution in [0.2, 0.25) is 0 Å². The predicted octanol–water partition coefficient (Wildman–Crippen LogP) is 5.62. The molecule has 2 aromatic heterocycles. The van der Waals surface area contributed by atoms with Gasteiger partial charge in [0.25, 0.3) is 0 Å². The summed E-state index contributed by atoms with van der Waals surface area (Å²) in [6.07, 6.45) is 8.99. The van der Waals surface area contributed by atoms with E-state index in [9.17, 15) is 4.79 Å². The maximum Gasteiger partial charge on any atom is 0.329 e. The molecule has 0 spiro atoms. The van der Waals surface area contributed by atoms with Gasteiger partial charge in [-0.1, -0.05) is 6.07 Å². The van der Waals surface area contributed by atoms with E-state index >= 15 is 0 Å². The van der Waals surface area contributed by atoms with E-state index in [1.54, 1.807) is 6.20 Å². The average Bonchev–Trinajstić information content (AvgIpc) is 3.54. The van der Waals surface area contributed by atoms with Gasteiger partial charge in [-0.25, -0.2) is 9.78 Å². The number of likely N-dealkylation sites (tertiary alicyclic amines) is 1. The molecule has 8 nitrogen and oxygen atoms in total. The van der Waals surface area contributed by atoms with Crippen molar-refractivity contribution in [2.75, 3.05) is 25.5 Å². The van der Waals surface area contributed by atoms with E-state index in [0.29, 0.717) is 5.88 Å². The molecular weight excluding hydrogens is 484 g/mol. The number of urea groups is 1. The first kappa shape index (κ1) is 25.6. The molecular formula is C28H36N6O2S. The molecule has 3 heterocycles. The molecule has 9 heteroatoms. The minimum Gasteiger partial charge on any atom is -0.474 e. The smallest absolute Gasteiger partial charge is 0.329 e. The van der Waals surface area contributed by atoms with E-state index in [2.05, 4.69) is 58.9 Å². The third-order valence-electron chi connectivity index (χ3n) is 7.17. The fourth-order valence-corrected chi connectivity index (χ4v) is 5.72. The van der Waals surface area contributed by atoms with Gasteiger partial charge in [-0.05, 0) is 94.3 Å². The van der Waals surface area contributed by atoms with Crippen molar-refractivity contribution in [1.82, 2.24) is 24.4 Å². The van der Waals surface area contributed by atoms with Crippen LogP contribution in [0.1, 0.15) is 55.8 Å². The normalized spacial score (nSPS) is 16.1. The molecule has 5 rings (SSSR count). The van der Waals surface area contributed by atoms with Gasteiger partial charge in [-0.2, -0.15) is 5.10 Å². The average molecular weight is 521 g/mol.